The van der Waals surface area contributed by atoms with E-state index < -0.39 is 0 Å². The van der Waals surface area contributed by atoms with Gasteiger partial charge in [-0.1, -0.05) is 47.6 Å². The zero-order valence-corrected chi connectivity index (χ0v) is 16.5. The second-order valence-electron chi connectivity index (χ2n) is 6.36. The monoisotopic (exact) mass is 401 g/mol. The van der Waals surface area contributed by atoms with E-state index in [4.69, 9.17) is 21.1 Å². The van der Waals surface area contributed by atoms with Gasteiger partial charge in [0, 0.05) is 11.8 Å². The Labute approximate surface area is 167 Å². The quantitative estimate of drug-likeness (QED) is 0.489. The predicted octanol–water partition coefficient (Wildman–Crippen LogP) is 5.15. The van der Waals surface area contributed by atoms with Gasteiger partial charge in [-0.15, -0.1) is 10.2 Å². The van der Waals surface area contributed by atoms with Crippen LogP contribution in [-0.4, -0.2) is 21.9 Å². The third kappa shape index (κ3) is 4.39. The maximum Gasteiger partial charge on any atom is 0.191 e. The van der Waals surface area contributed by atoms with Gasteiger partial charge in [0.1, 0.15) is 18.1 Å². The lowest BCUT2D eigenvalue weighted by Crippen LogP contribution is -2.07. The molecule has 4 rings (SSSR count). The van der Waals surface area contributed by atoms with Crippen molar-refractivity contribution in [2.45, 2.75) is 36.4 Å². The SMILES string of the molecule is COc1ccc(CSc2nnc(COc3ccccc3Cl)n2C2CC2)cc1. The van der Waals surface area contributed by atoms with Gasteiger partial charge in [-0.25, -0.2) is 0 Å². The Kier molecular flexibility index (Phi) is 5.55. The summed E-state index contributed by atoms with van der Waals surface area (Å²) < 4.78 is 13.3. The number of nitrogens with zero attached hydrogens (tertiary/aromatic N) is 3. The van der Waals surface area contributed by atoms with Crippen LogP contribution < -0.4 is 9.47 Å². The lowest BCUT2D eigenvalue weighted by molar-refractivity contribution is 0.288. The van der Waals surface area contributed by atoms with Crippen molar-refractivity contribution in [2.75, 3.05) is 7.11 Å². The second-order valence-corrected chi connectivity index (χ2v) is 7.71. The van der Waals surface area contributed by atoms with Crippen LogP contribution >= 0.6 is 23.4 Å². The molecule has 1 aliphatic carbocycles. The fourth-order valence-electron chi connectivity index (χ4n) is 2.78. The van der Waals surface area contributed by atoms with Gasteiger partial charge in [-0.2, -0.15) is 0 Å². The molecule has 2 aromatic carbocycles. The van der Waals surface area contributed by atoms with E-state index in [1.54, 1.807) is 18.9 Å². The first-order chi connectivity index (χ1) is 13.2. The highest BCUT2D eigenvalue weighted by Gasteiger charge is 2.29. The largest absolute Gasteiger partial charge is 0.497 e. The molecular formula is C20H20ClN3O2S. The average molecular weight is 402 g/mol. The van der Waals surface area contributed by atoms with E-state index in [1.165, 1.54) is 5.56 Å². The molecule has 5 nitrogen and oxygen atoms in total. The van der Waals surface area contributed by atoms with Crippen molar-refractivity contribution in [3.05, 3.63) is 64.9 Å². The van der Waals surface area contributed by atoms with Crippen LogP contribution in [0.3, 0.4) is 0 Å². The number of thioether (sulfide) groups is 1. The highest BCUT2D eigenvalue weighted by molar-refractivity contribution is 7.98. The highest BCUT2D eigenvalue weighted by Crippen LogP contribution is 2.39. The number of rotatable bonds is 8. The van der Waals surface area contributed by atoms with Crippen molar-refractivity contribution in [1.29, 1.82) is 0 Å². The first-order valence-corrected chi connectivity index (χ1v) is 10.2. The molecule has 0 radical (unpaired) electrons. The van der Waals surface area contributed by atoms with E-state index >= 15 is 0 Å². The zero-order chi connectivity index (χ0) is 18.6. The third-order valence-corrected chi connectivity index (χ3v) is 5.69. The van der Waals surface area contributed by atoms with Gasteiger partial charge in [0.2, 0.25) is 0 Å². The Bertz CT molecular complexity index is 910. The Morgan fingerprint density at radius 2 is 1.89 bits per heavy atom. The molecule has 140 valence electrons. The molecule has 3 aromatic rings. The van der Waals surface area contributed by atoms with E-state index in [2.05, 4.69) is 26.9 Å². The molecule has 0 bridgehead atoms. The number of hydrogen-bond acceptors (Lipinski definition) is 5. The van der Waals surface area contributed by atoms with Gasteiger partial charge in [-0.3, -0.25) is 4.57 Å². The molecule has 1 fully saturated rings. The van der Waals surface area contributed by atoms with Crippen LogP contribution in [0.15, 0.2) is 53.7 Å². The summed E-state index contributed by atoms with van der Waals surface area (Å²) in [5.74, 6) is 3.20. The lowest BCUT2D eigenvalue weighted by atomic mass is 10.2. The minimum Gasteiger partial charge on any atom is -0.497 e. The van der Waals surface area contributed by atoms with Crippen molar-refractivity contribution >= 4 is 23.4 Å². The van der Waals surface area contributed by atoms with Gasteiger partial charge < -0.3 is 9.47 Å². The van der Waals surface area contributed by atoms with E-state index in [1.807, 2.05) is 36.4 Å². The molecule has 0 atom stereocenters. The first-order valence-electron chi connectivity index (χ1n) is 8.81. The normalized spacial score (nSPS) is 13.6. The summed E-state index contributed by atoms with van der Waals surface area (Å²) in [5, 5.41) is 10.3. The molecule has 1 aliphatic rings. The molecule has 7 heteroatoms. The molecule has 0 amide bonds. The fourth-order valence-corrected chi connectivity index (χ4v) is 3.95. The second kappa shape index (κ2) is 8.23. The smallest absolute Gasteiger partial charge is 0.191 e. The lowest BCUT2D eigenvalue weighted by Gasteiger charge is -2.11. The van der Waals surface area contributed by atoms with E-state index in [9.17, 15) is 0 Å². The molecule has 27 heavy (non-hydrogen) atoms. The fraction of sp³-hybridized carbons (Fsp3) is 0.300. The Balaban J connectivity index is 1.45. The highest BCUT2D eigenvalue weighted by atomic mass is 35.5. The number of ether oxygens (including phenoxy) is 2. The van der Waals surface area contributed by atoms with Crippen LogP contribution in [-0.2, 0) is 12.4 Å². The Morgan fingerprint density at radius 1 is 1.11 bits per heavy atom. The molecule has 0 spiro atoms. The molecule has 1 heterocycles. The summed E-state index contributed by atoms with van der Waals surface area (Å²) in [6, 6.07) is 16.0. The minimum atomic E-state index is 0.357. The van der Waals surface area contributed by atoms with Crippen LogP contribution in [0, 0.1) is 0 Å². The van der Waals surface area contributed by atoms with E-state index in [0.717, 1.165) is 35.3 Å². The predicted molar refractivity (Wildman–Crippen MR) is 107 cm³/mol. The van der Waals surface area contributed by atoms with Crippen LogP contribution in [0.1, 0.15) is 30.3 Å². The van der Waals surface area contributed by atoms with Gasteiger partial charge in [0.15, 0.2) is 11.0 Å². The Hall–Kier alpha value is -2.18. The number of benzene rings is 2. The number of aromatic nitrogens is 3. The summed E-state index contributed by atoms with van der Waals surface area (Å²) in [6.07, 6.45) is 2.32. The number of halogens is 1. The van der Waals surface area contributed by atoms with Crippen LogP contribution in [0.5, 0.6) is 11.5 Å². The summed E-state index contributed by atoms with van der Waals surface area (Å²) >= 11 is 7.86. The summed E-state index contributed by atoms with van der Waals surface area (Å²) in [4.78, 5) is 0. The van der Waals surface area contributed by atoms with Gasteiger partial charge >= 0.3 is 0 Å². The van der Waals surface area contributed by atoms with E-state index in [0.29, 0.717) is 23.4 Å². The van der Waals surface area contributed by atoms with Crippen molar-refractivity contribution in [2.24, 2.45) is 0 Å². The molecule has 0 saturated heterocycles. The van der Waals surface area contributed by atoms with Crippen molar-refractivity contribution in [1.82, 2.24) is 14.8 Å². The first kappa shape index (κ1) is 18.2. The van der Waals surface area contributed by atoms with Gasteiger partial charge in [-0.05, 0) is 42.7 Å². The molecule has 0 N–H and O–H groups in total. The molecular weight excluding hydrogens is 382 g/mol. The summed E-state index contributed by atoms with van der Waals surface area (Å²) in [6.45, 7) is 0.357. The zero-order valence-electron chi connectivity index (χ0n) is 15.0. The number of hydrogen-bond donors (Lipinski definition) is 0. The molecule has 0 aliphatic heterocycles. The third-order valence-electron chi connectivity index (χ3n) is 4.37. The van der Waals surface area contributed by atoms with Crippen LogP contribution in [0.4, 0.5) is 0 Å². The summed E-state index contributed by atoms with van der Waals surface area (Å²) in [5.41, 5.74) is 1.22. The number of methoxy groups -OCH3 is 1. The van der Waals surface area contributed by atoms with Crippen molar-refractivity contribution in [3.8, 4) is 11.5 Å². The number of para-hydroxylation sites is 1. The van der Waals surface area contributed by atoms with Gasteiger partial charge in [0.05, 0.1) is 12.1 Å². The minimum absolute atomic E-state index is 0.357. The maximum absolute atomic E-state index is 6.17. The average Bonchev–Trinajstić information content (AvgIpc) is 3.46. The van der Waals surface area contributed by atoms with Crippen LogP contribution in [0.2, 0.25) is 5.02 Å². The van der Waals surface area contributed by atoms with E-state index in [-0.39, 0.29) is 0 Å². The van der Waals surface area contributed by atoms with Crippen LogP contribution in [0.25, 0.3) is 0 Å². The molecule has 1 saturated carbocycles. The Morgan fingerprint density at radius 3 is 2.59 bits per heavy atom. The van der Waals surface area contributed by atoms with Crippen molar-refractivity contribution < 1.29 is 9.47 Å². The standard InChI is InChI=1S/C20H20ClN3O2S/c1-25-16-10-6-14(7-11-16)13-27-20-23-22-19(24(20)15-8-9-15)12-26-18-5-3-2-4-17(18)21/h2-7,10-11,15H,8-9,12-13H2,1H3. The van der Waals surface area contributed by atoms with Gasteiger partial charge in [0.25, 0.3) is 0 Å². The maximum atomic E-state index is 6.17. The molecule has 1 aromatic heterocycles. The summed E-state index contributed by atoms with van der Waals surface area (Å²) in [7, 11) is 1.67. The van der Waals surface area contributed by atoms with Crippen molar-refractivity contribution in [3.63, 3.8) is 0 Å². The topological polar surface area (TPSA) is 49.2 Å². The molecule has 0 unspecified atom stereocenters.